The van der Waals surface area contributed by atoms with Crippen molar-refractivity contribution < 1.29 is 9.18 Å². The molecule has 6 nitrogen and oxygen atoms in total. The fourth-order valence-corrected chi connectivity index (χ4v) is 4.86. The molecule has 0 aliphatic carbocycles. The van der Waals surface area contributed by atoms with Crippen LogP contribution in [-0.2, 0) is 10.5 Å². The van der Waals surface area contributed by atoms with Gasteiger partial charge in [-0.05, 0) is 35.9 Å². The van der Waals surface area contributed by atoms with Crippen LogP contribution in [0, 0.1) is 5.82 Å². The summed E-state index contributed by atoms with van der Waals surface area (Å²) in [5.74, 6) is -0.336. The number of aliphatic imine (C=N–C) groups is 1. The van der Waals surface area contributed by atoms with Gasteiger partial charge in [0.05, 0.1) is 11.4 Å². The zero-order valence-electron chi connectivity index (χ0n) is 16.5. The van der Waals surface area contributed by atoms with Crippen molar-refractivity contribution in [1.82, 2.24) is 9.38 Å². The number of nitrogens with zero attached hydrogens (tertiary/aromatic N) is 4. The number of hydrogen-bond acceptors (Lipinski definition) is 6. The quantitative estimate of drug-likeness (QED) is 0.417. The van der Waals surface area contributed by atoms with Crippen molar-refractivity contribution in [2.24, 2.45) is 4.99 Å². The van der Waals surface area contributed by atoms with Crippen LogP contribution in [0.5, 0.6) is 0 Å². The van der Waals surface area contributed by atoms with E-state index in [2.05, 4.69) is 9.98 Å². The molecule has 1 amide bonds. The van der Waals surface area contributed by atoms with Gasteiger partial charge in [-0.1, -0.05) is 42.1 Å². The Hall–Kier alpha value is -3.56. The Bertz CT molecular complexity index is 1430. The number of rotatable bonds is 4. The Kier molecular flexibility index (Phi) is 5.42. The van der Waals surface area contributed by atoms with E-state index in [0.717, 1.165) is 5.56 Å². The standard InChI is InChI=1S/C23H15FN4O2S2/c24-16-6-8-18(9-7-16)28-21(30)19(12-15-4-2-1-3-5-15)26-23(28)32-14-17-13-20(29)27-10-11-31-22(27)25-17/h1-13H,14H2. The summed E-state index contributed by atoms with van der Waals surface area (Å²) in [6.45, 7) is 0. The molecule has 9 heteroatoms. The number of aromatic nitrogens is 2. The van der Waals surface area contributed by atoms with Crippen LogP contribution < -0.4 is 10.5 Å². The fourth-order valence-electron chi connectivity index (χ4n) is 3.22. The van der Waals surface area contributed by atoms with Crippen LogP contribution >= 0.6 is 23.1 Å². The van der Waals surface area contributed by atoms with Gasteiger partial charge in [-0.25, -0.2) is 14.4 Å². The molecule has 0 bridgehead atoms. The van der Waals surface area contributed by atoms with Gasteiger partial charge in [0.1, 0.15) is 11.5 Å². The zero-order valence-corrected chi connectivity index (χ0v) is 18.1. The Morgan fingerprint density at radius 2 is 1.84 bits per heavy atom. The minimum Gasteiger partial charge on any atom is -0.269 e. The normalized spacial score (nSPS) is 15.0. The average Bonchev–Trinajstić information content (AvgIpc) is 3.39. The average molecular weight is 463 g/mol. The number of fused-ring (bicyclic) bond motifs is 1. The lowest BCUT2D eigenvalue weighted by Crippen LogP contribution is -2.30. The van der Waals surface area contributed by atoms with Gasteiger partial charge >= 0.3 is 0 Å². The van der Waals surface area contributed by atoms with Gasteiger partial charge < -0.3 is 0 Å². The third kappa shape index (κ3) is 4.00. The zero-order chi connectivity index (χ0) is 22.1. The molecule has 2 aromatic heterocycles. The van der Waals surface area contributed by atoms with Crippen LogP contribution in [0.2, 0.25) is 0 Å². The number of carbonyl (C=O) groups is 1. The second-order valence-corrected chi connectivity index (χ2v) is 8.70. The van der Waals surface area contributed by atoms with Crippen molar-refractivity contribution in [3.63, 3.8) is 0 Å². The molecule has 1 aliphatic rings. The third-order valence-electron chi connectivity index (χ3n) is 4.72. The van der Waals surface area contributed by atoms with Gasteiger partial charge in [-0.15, -0.1) is 11.3 Å². The Labute approximate surface area is 190 Å². The van der Waals surface area contributed by atoms with Crippen LogP contribution in [0.25, 0.3) is 11.0 Å². The molecule has 0 N–H and O–H groups in total. The fraction of sp³-hybridized carbons (Fsp3) is 0.0435. The highest BCUT2D eigenvalue weighted by Crippen LogP contribution is 2.30. The summed E-state index contributed by atoms with van der Waals surface area (Å²) in [5, 5.41) is 2.24. The lowest BCUT2D eigenvalue weighted by molar-refractivity contribution is -0.113. The van der Waals surface area contributed by atoms with E-state index in [1.165, 1.54) is 62.7 Å². The smallest absolute Gasteiger partial charge is 0.269 e. The first-order valence-electron chi connectivity index (χ1n) is 9.62. The Morgan fingerprint density at radius 1 is 1.06 bits per heavy atom. The molecule has 2 aromatic carbocycles. The molecule has 0 radical (unpaired) electrons. The van der Waals surface area contributed by atoms with Crippen molar-refractivity contribution >= 4 is 50.9 Å². The number of carbonyl (C=O) groups excluding carboxylic acids is 1. The first kappa shape index (κ1) is 20.3. The number of amides is 1. The maximum atomic E-state index is 13.5. The highest BCUT2D eigenvalue weighted by Gasteiger charge is 2.32. The number of thiazole rings is 1. The number of benzene rings is 2. The highest BCUT2D eigenvalue weighted by atomic mass is 32.2. The Morgan fingerprint density at radius 3 is 2.62 bits per heavy atom. The number of amidine groups is 1. The molecule has 0 atom stereocenters. The minimum absolute atomic E-state index is 0.156. The van der Waals surface area contributed by atoms with Crippen LogP contribution in [0.15, 0.2) is 87.7 Å². The van der Waals surface area contributed by atoms with Gasteiger partial charge in [0, 0.05) is 23.4 Å². The Balaban J connectivity index is 1.48. The summed E-state index contributed by atoms with van der Waals surface area (Å²) in [4.78, 5) is 36.6. The van der Waals surface area contributed by atoms with Crippen molar-refractivity contribution in [2.75, 3.05) is 4.90 Å². The summed E-state index contributed by atoms with van der Waals surface area (Å²) >= 11 is 2.67. The van der Waals surface area contributed by atoms with Crippen LogP contribution in [-0.4, -0.2) is 20.5 Å². The lowest BCUT2D eigenvalue weighted by Gasteiger charge is -2.17. The first-order valence-corrected chi connectivity index (χ1v) is 11.5. The molecular formula is C23H15FN4O2S2. The lowest BCUT2D eigenvalue weighted by atomic mass is 10.2. The van der Waals surface area contributed by atoms with Crippen molar-refractivity contribution in [1.29, 1.82) is 0 Å². The summed E-state index contributed by atoms with van der Waals surface area (Å²) in [5.41, 5.74) is 2.09. The highest BCUT2D eigenvalue weighted by molar-refractivity contribution is 8.13. The maximum absolute atomic E-state index is 13.5. The van der Waals surface area contributed by atoms with Gasteiger partial charge in [-0.3, -0.25) is 18.9 Å². The van der Waals surface area contributed by atoms with E-state index in [9.17, 15) is 14.0 Å². The largest absolute Gasteiger partial charge is 0.283 e. The van der Waals surface area contributed by atoms with E-state index in [1.807, 2.05) is 30.3 Å². The summed E-state index contributed by atoms with van der Waals surface area (Å²) in [6, 6.07) is 16.6. The molecule has 0 saturated heterocycles. The van der Waals surface area contributed by atoms with E-state index >= 15 is 0 Å². The SMILES string of the molecule is O=C1C(=Cc2ccccc2)N=C(SCc2cc(=O)n3ccsc3n2)N1c1ccc(F)cc1. The molecular weight excluding hydrogens is 447 g/mol. The molecule has 3 heterocycles. The maximum Gasteiger partial charge on any atom is 0.283 e. The van der Waals surface area contributed by atoms with Crippen molar-refractivity contribution in [3.8, 4) is 0 Å². The van der Waals surface area contributed by atoms with Gasteiger partial charge in [0.2, 0.25) is 0 Å². The molecule has 0 unspecified atom stereocenters. The molecule has 32 heavy (non-hydrogen) atoms. The van der Waals surface area contributed by atoms with Gasteiger partial charge in [0.15, 0.2) is 10.1 Å². The van der Waals surface area contributed by atoms with Gasteiger partial charge in [0.25, 0.3) is 11.5 Å². The number of hydrogen-bond donors (Lipinski definition) is 0. The summed E-state index contributed by atoms with van der Waals surface area (Å²) < 4.78 is 14.9. The topological polar surface area (TPSA) is 67.0 Å². The third-order valence-corrected chi connectivity index (χ3v) is 6.45. The molecule has 5 rings (SSSR count). The molecule has 0 spiro atoms. The summed E-state index contributed by atoms with van der Waals surface area (Å²) in [7, 11) is 0. The molecule has 1 aliphatic heterocycles. The van der Waals surface area contributed by atoms with E-state index in [-0.39, 0.29) is 23.0 Å². The molecule has 0 saturated carbocycles. The van der Waals surface area contributed by atoms with E-state index < -0.39 is 0 Å². The van der Waals surface area contributed by atoms with Crippen LogP contribution in [0.3, 0.4) is 0 Å². The molecule has 158 valence electrons. The second kappa shape index (κ2) is 8.52. The molecule has 4 aromatic rings. The first-order chi connectivity index (χ1) is 15.6. The number of halogens is 1. The predicted molar refractivity (Wildman–Crippen MR) is 126 cm³/mol. The van der Waals surface area contributed by atoms with E-state index in [0.29, 0.717) is 27.3 Å². The molecule has 0 fully saturated rings. The minimum atomic E-state index is -0.388. The van der Waals surface area contributed by atoms with Crippen molar-refractivity contribution in [3.05, 3.63) is 105 Å². The van der Waals surface area contributed by atoms with E-state index in [4.69, 9.17) is 0 Å². The summed E-state index contributed by atoms with van der Waals surface area (Å²) in [6.07, 6.45) is 3.40. The number of thioether (sulfide) groups is 1. The van der Waals surface area contributed by atoms with Crippen molar-refractivity contribution in [2.45, 2.75) is 5.75 Å². The number of anilines is 1. The second-order valence-electron chi connectivity index (χ2n) is 6.88. The van der Waals surface area contributed by atoms with Gasteiger partial charge in [-0.2, -0.15) is 0 Å². The van der Waals surface area contributed by atoms with Crippen LogP contribution in [0.1, 0.15) is 11.3 Å². The predicted octanol–water partition coefficient (Wildman–Crippen LogP) is 4.57. The van der Waals surface area contributed by atoms with E-state index in [1.54, 1.807) is 17.7 Å². The monoisotopic (exact) mass is 462 g/mol. The van der Waals surface area contributed by atoms with Crippen LogP contribution in [0.4, 0.5) is 10.1 Å².